The lowest BCUT2D eigenvalue weighted by atomic mass is 10.1. The van der Waals surface area contributed by atoms with Gasteiger partial charge in [0.2, 0.25) is 0 Å². The second-order valence-corrected chi connectivity index (χ2v) is 7.53. The minimum absolute atomic E-state index is 0.133. The Morgan fingerprint density at radius 2 is 2.00 bits per heavy atom. The first-order valence-electron chi connectivity index (χ1n) is 7.06. The molecule has 0 fully saturated rings. The van der Waals surface area contributed by atoms with Gasteiger partial charge in [-0.1, -0.05) is 13.8 Å². The zero-order valence-electron chi connectivity index (χ0n) is 13.1. The van der Waals surface area contributed by atoms with Gasteiger partial charge < -0.3 is 10.1 Å². The topological polar surface area (TPSA) is 34.1 Å². The lowest BCUT2D eigenvalue weighted by Crippen LogP contribution is -2.35. The quantitative estimate of drug-likeness (QED) is 0.822. The summed E-state index contributed by atoms with van der Waals surface area (Å²) in [7, 11) is 0. The van der Waals surface area contributed by atoms with Crippen LogP contribution in [0, 0.1) is 5.92 Å². The third kappa shape index (κ3) is 7.65. The van der Waals surface area contributed by atoms with E-state index in [0.717, 1.165) is 23.7 Å². The molecule has 1 aromatic rings. The third-order valence-corrected chi connectivity index (χ3v) is 3.59. The Morgan fingerprint density at radius 1 is 1.32 bits per heavy atom. The Hall–Kier alpha value is -0.450. The van der Waals surface area contributed by atoms with Crippen molar-refractivity contribution in [3.05, 3.63) is 16.1 Å². The predicted molar refractivity (Wildman–Crippen MR) is 82.4 cm³/mol. The maximum atomic E-state index is 5.82. The van der Waals surface area contributed by atoms with Crippen molar-refractivity contribution in [1.29, 1.82) is 0 Å². The van der Waals surface area contributed by atoms with Crippen LogP contribution < -0.4 is 5.32 Å². The molecule has 0 spiro atoms. The van der Waals surface area contributed by atoms with Crippen LogP contribution in [0.25, 0.3) is 0 Å². The lowest BCUT2D eigenvalue weighted by molar-refractivity contribution is 0.0381. The van der Waals surface area contributed by atoms with E-state index in [9.17, 15) is 0 Å². The third-order valence-electron chi connectivity index (χ3n) is 2.69. The molecule has 0 aliphatic carbocycles. The molecule has 0 aliphatic rings. The van der Waals surface area contributed by atoms with E-state index in [2.05, 4.69) is 57.2 Å². The molecule has 0 bridgehead atoms. The zero-order chi connectivity index (χ0) is 14.5. The van der Waals surface area contributed by atoms with Gasteiger partial charge in [-0.15, -0.1) is 11.3 Å². The van der Waals surface area contributed by atoms with Crippen LogP contribution in [0.5, 0.6) is 0 Å². The molecule has 19 heavy (non-hydrogen) atoms. The Kier molecular flexibility index (Phi) is 6.43. The maximum Gasteiger partial charge on any atom is 0.107 e. The molecular weight excluding hydrogens is 256 g/mol. The van der Waals surface area contributed by atoms with Gasteiger partial charge in [-0.2, -0.15) is 0 Å². The first-order valence-corrected chi connectivity index (χ1v) is 7.94. The highest BCUT2D eigenvalue weighted by Crippen LogP contribution is 2.14. The molecule has 0 saturated heterocycles. The van der Waals surface area contributed by atoms with E-state index in [4.69, 9.17) is 4.74 Å². The number of nitrogens with one attached hydrogen (secondary N) is 1. The molecule has 0 aromatic carbocycles. The molecule has 4 heteroatoms. The number of ether oxygens (including phenoxy) is 1. The molecule has 1 N–H and O–H groups in total. The van der Waals surface area contributed by atoms with Crippen LogP contribution in [0.4, 0.5) is 0 Å². The van der Waals surface area contributed by atoms with Crippen LogP contribution in [0.15, 0.2) is 5.38 Å². The molecule has 1 unspecified atom stereocenters. The molecule has 1 atom stereocenters. The van der Waals surface area contributed by atoms with Gasteiger partial charge in [0, 0.05) is 17.5 Å². The van der Waals surface area contributed by atoms with E-state index in [0.29, 0.717) is 18.6 Å². The molecule has 110 valence electrons. The van der Waals surface area contributed by atoms with Crippen LogP contribution in [0.2, 0.25) is 0 Å². The van der Waals surface area contributed by atoms with E-state index < -0.39 is 0 Å². The van der Waals surface area contributed by atoms with Gasteiger partial charge >= 0.3 is 0 Å². The fraction of sp³-hybridized carbons (Fsp3) is 0.800. The fourth-order valence-corrected chi connectivity index (χ4v) is 2.52. The molecule has 0 amide bonds. The van der Waals surface area contributed by atoms with Crippen molar-refractivity contribution >= 4 is 11.3 Å². The summed E-state index contributed by atoms with van der Waals surface area (Å²) in [6.45, 7) is 14.5. The van der Waals surface area contributed by atoms with Crippen LogP contribution in [0.3, 0.4) is 0 Å². The Bertz CT molecular complexity index is 368. The minimum Gasteiger partial charge on any atom is -0.372 e. The highest BCUT2D eigenvalue weighted by molar-refractivity contribution is 7.09. The van der Waals surface area contributed by atoms with Crippen LogP contribution in [-0.4, -0.2) is 16.6 Å². The monoisotopic (exact) mass is 284 g/mol. The highest BCUT2D eigenvalue weighted by Gasteiger charge is 2.11. The minimum atomic E-state index is 0.133. The molecule has 1 aromatic heterocycles. The molecule has 0 aliphatic heterocycles. The Balaban J connectivity index is 2.34. The molecular formula is C15H28N2OS. The molecule has 3 nitrogen and oxygen atoms in total. The Labute approximate surface area is 121 Å². The van der Waals surface area contributed by atoms with Gasteiger partial charge in [-0.05, 0) is 40.0 Å². The smallest absolute Gasteiger partial charge is 0.107 e. The molecule has 1 heterocycles. The van der Waals surface area contributed by atoms with Crippen molar-refractivity contribution in [1.82, 2.24) is 10.3 Å². The predicted octanol–water partition coefficient (Wildman–Crippen LogP) is 3.98. The highest BCUT2D eigenvalue weighted by atomic mass is 32.1. The fourth-order valence-electron chi connectivity index (χ4n) is 1.80. The normalized spacial score (nSPS) is 14.1. The summed E-state index contributed by atoms with van der Waals surface area (Å²) in [5.41, 5.74) is 1.18. The van der Waals surface area contributed by atoms with E-state index in [1.165, 1.54) is 0 Å². The first-order chi connectivity index (χ1) is 8.76. The number of nitrogens with zero attached hydrogens (tertiary/aromatic N) is 1. The standard InChI is InChI=1S/C15H28N2OS/c1-11(2)7-12(3)18-9-13-10-19-14(17-13)8-16-15(4,5)6/h10-12,16H,7-9H2,1-6H3. The van der Waals surface area contributed by atoms with Gasteiger partial charge in [-0.3, -0.25) is 0 Å². The number of hydrogen-bond acceptors (Lipinski definition) is 4. The SMILES string of the molecule is CC(C)CC(C)OCc1csc(CNC(C)(C)C)n1. The number of aromatic nitrogens is 1. The summed E-state index contributed by atoms with van der Waals surface area (Å²) in [4.78, 5) is 4.60. The van der Waals surface area contributed by atoms with Crippen molar-refractivity contribution in [3.63, 3.8) is 0 Å². The molecule has 0 radical (unpaired) electrons. The van der Waals surface area contributed by atoms with Gasteiger partial charge in [-0.25, -0.2) is 4.98 Å². The Morgan fingerprint density at radius 3 is 2.58 bits per heavy atom. The van der Waals surface area contributed by atoms with Gasteiger partial charge in [0.25, 0.3) is 0 Å². The maximum absolute atomic E-state index is 5.82. The van der Waals surface area contributed by atoms with Gasteiger partial charge in [0.15, 0.2) is 0 Å². The van der Waals surface area contributed by atoms with Crippen molar-refractivity contribution in [2.45, 2.75) is 72.8 Å². The van der Waals surface area contributed by atoms with Crippen LogP contribution in [0.1, 0.15) is 58.7 Å². The van der Waals surface area contributed by atoms with Crippen molar-refractivity contribution in [3.8, 4) is 0 Å². The van der Waals surface area contributed by atoms with Crippen molar-refractivity contribution < 1.29 is 4.74 Å². The summed E-state index contributed by atoms with van der Waals surface area (Å²) in [6, 6.07) is 0. The number of thiazole rings is 1. The number of rotatable bonds is 7. The summed E-state index contributed by atoms with van der Waals surface area (Å²) in [5.74, 6) is 0.678. The number of hydrogen-bond donors (Lipinski definition) is 1. The van der Waals surface area contributed by atoms with Crippen molar-refractivity contribution in [2.75, 3.05) is 0 Å². The summed E-state index contributed by atoms with van der Waals surface area (Å²) < 4.78 is 5.82. The average Bonchev–Trinajstić information content (AvgIpc) is 2.69. The van der Waals surface area contributed by atoms with E-state index in [1.807, 2.05) is 0 Å². The average molecular weight is 284 g/mol. The molecule has 0 saturated carbocycles. The largest absolute Gasteiger partial charge is 0.372 e. The van der Waals surface area contributed by atoms with E-state index in [-0.39, 0.29) is 5.54 Å². The van der Waals surface area contributed by atoms with Gasteiger partial charge in [0.05, 0.1) is 18.4 Å². The summed E-state index contributed by atoms with van der Waals surface area (Å²) >= 11 is 1.70. The van der Waals surface area contributed by atoms with Crippen molar-refractivity contribution in [2.24, 2.45) is 5.92 Å². The summed E-state index contributed by atoms with van der Waals surface area (Å²) in [5, 5.41) is 6.68. The summed E-state index contributed by atoms with van der Waals surface area (Å²) in [6.07, 6.45) is 1.40. The second kappa shape index (κ2) is 7.36. The van der Waals surface area contributed by atoms with Crippen LogP contribution in [-0.2, 0) is 17.9 Å². The zero-order valence-corrected chi connectivity index (χ0v) is 13.9. The lowest BCUT2D eigenvalue weighted by Gasteiger charge is -2.19. The molecule has 1 rings (SSSR count). The van der Waals surface area contributed by atoms with E-state index in [1.54, 1.807) is 11.3 Å². The van der Waals surface area contributed by atoms with Gasteiger partial charge in [0.1, 0.15) is 5.01 Å². The first kappa shape index (κ1) is 16.6. The van der Waals surface area contributed by atoms with Crippen LogP contribution >= 0.6 is 11.3 Å². The second-order valence-electron chi connectivity index (χ2n) is 6.59. The van der Waals surface area contributed by atoms with E-state index >= 15 is 0 Å².